The Bertz CT molecular complexity index is 1380. The monoisotopic (exact) mass is 434 g/mol. The van der Waals surface area contributed by atoms with Crippen molar-refractivity contribution in [2.75, 3.05) is 5.32 Å². The summed E-state index contributed by atoms with van der Waals surface area (Å²) in [5.74, 6) is -0.307. The largest absolute Gasteiger partial charge is 0.457 e. The zero-order chi connectivity index (χ0) is 22.8. The molecule has 4 rings (SSSR count). The number of carbonyl (C=O) groups is 1. The van der Waals surface area contributed by atoms with Crippen molar-refractivity contribution in [1.82, 2.24) is 24.3 Å². The molecule has 4 aromatic rings. The third kappa shape index (κ3) is 4.24. The number of hydrogen-bond acceptors (Lipinski definition) is 6. The molecule has 10 heteroatoms. The first-order valence-corrected chi connectivity index (χ1v) is 9.58. The van der Waals surface area contributed by atoms with Crippen LogP contribution in [0.15, 0.2) is 59.9 Å². The van der Waals surface area contributed by atoms with Gasteiger partial charge in [-0.25, -0.2) is 9.37 Å². The highest BCUT2D eigenvalue weighted by molar-refractivity contribution is 6.03. The maximum absolute atomic E-state index is 14.6. The van der Waals surface area contributed by atoms with Gasteiger partial charge in [0.25, 0.3) is 11.5 Å². The molecule has 0 atom stereocenters. The molecule has 0 aliphatic heterocycles. The molecule has 0 saturated heterocycles. The van der Waals surface area contributed by atoms with Gasteiger partial charge in [-0.05, 0) is 25.1 Å². The van der Waals surface area contributed by atoms with Crippen LogP contribution in [0.5, 0.6) is 11.5 Å². The topological polar surface area (TPSA) is 104 Å². The van der Waals surface area contributed by atoms with Crippen molar-refractivity contribution >= 4 is 11.6 Å². The molecule has 0 unspecified atom stereocenters. The number of anilines is 1. The van der Waals surface area contributed by atoms with E-state index in [2.05, 4.69) is 20.4 Å². The molecule has 3 heterocycles. The summed E-state index contributed by atoms with van der Waals surface area (Å²) < 4.78 is 23.2. The molecule has 0 aliphatic rings. The summed E-state index contributed by atoms with van der Waals surface area (Å²) >= 11 is 0. The van der Waals surface area contributed by atoms with E-state index in [1.807, 2.05) is 6.20 Å². The molecule has 0 fully saturated rings. The number of nitrogens with one attached hydrogen (secondary N) is 1. The average molecular weight is 434 g/mol. The van der Waals surface area contributed by atoms with E-state index in [-0.39, 0.29) is 17.0 Å². The molecule has 1 N–H and O–H groups in total. The Balaban J connectivity index is 1.51. The number of benzene rings is 1. The van der Waals surface area contributed by atoms with Crippen molar-refractivity contribution in [1.29, 1.82) is 0 Å². The molecule has 9 nitrogen and oxygen atoms in total. The van der Waals surface area contributed by atoms with Gasteiger partial charge in [0.05, 0.1) is 17.6 Å². The molecular weight excluding hydrogens is 415 g/mol. The number of aromatic nitrogens is 5. The van der Waals surface area contributed by atoms with Crippen LogP contribution in [0, 0.1) is 12.7 Å². The van der Waals surface area contributed by atoms with Crippen molar-refractivity contribution in [3.63, 3.8) is 0 Å². The second kappa shape index (κ2) is 8.42. The minimum atomic E-state index is -0.749. The van der Waals surface area contributed by atoms with Crippen LogP contribution >= 0.6 is 0 Å². The molecule has 0 spiro atoms. The number of halogens is 1. The molecule has 1 amide bonds. The van der Waals surface area contributed by atoms with E-state index in [1.165, 1.54) is 29.9 Å². The summed E-state index contributed by atoms with van der Waals surface area (Å²) in [6.45, 7) is 1.64. The number of amides is 1. The summed E-state index contributed by atoms with van der Waals surface area (Å²) in [6.07, 6.45) is 6.25. The Morgan fingerprint density at radius 3 is 2.59 bits per heavy atom. The summed E-state index contributed by atoms with van der Waals surface area (Å²) in [5, 5.41) is 6.51. The van der Waals surface area contributed by atoms with Gasteiger partial charge in [0.1, 0.15) is 28.7 Å². The van der Waals surface area contributed by atoms with Gasteiger partial charge in [-0.3, -0.25) is 23.8 Å². The number of nitrogens with zero attached hydrogens (tertiary/aromatic N) is 5. The van der Waals surface area contributed by atoms with E-state index in [9.17, 15) is 14.0 Å². The Kier molecular flexibility index (Phi) is 5.50. The first-order chi connectivity index (χ1) is 15.3. The number of pyridine rings is 1. The predicted molar refractivity (Wildman–Crippen MR) is 115 cm³/mol. The number of carbonyl (C=O) groups excluding carboxylic acids is 1. The lowest BCUT2D eigenvalue weighted by Gasteiger charge is -2.10. The van der Waals surface area contributed by atoms with Gasteiger partial charge in [0.15, 0.2) is 0 Å². The van der Waals surface area contributed by atoms with E-state index < -0.39 is 17.3 Å². The molecule has 0 bridgehead atoms. The third-order valence-corrected chi connectivity index (χ3v) is 4.80. The molecule has 0 radical (unpaired) electrons. The lowest BCUT2D eigenvalue weighted by Crippen LogP contribution is -2.29. The van der Waals surface area contributed by atoms with Gasteiger partial charge in [-0.1, -0.05) is 0 Å². The fraction of sp³-hybridized carbons (Fsp3) is 0.136. The average Bonchev–Trinajstić information content (AvgIpc) is 3.20. The zero-order valence-corrected chi connectivity index (χ0v) is 17.5. The van der Waals surface area contributed by atoms with E-state index in [4.69, 9.17) is 4.74 Å². The Morgan fingerprint density at radius 2 is 1.88 bits per heavy atom. The normalized spacial score (nSPS) is 10.8. The van der Waals surface area contributed by atoms with E-state index in [1.54, 1.807) is 43.2 Å². The summed E-state index contributed by atoms with van der Waals surface area (Å²) in [5.41, 5.74) is 0.693. The second-order valence-corrected chi connectivity index (χ2v) is 7.06. The minimum Gasteiger partial charge on any atom is -0.457 e. The quantitative estimate of drug-likeness (QED) is 0.518. The second-order valence-electron chi connectivity index (χ2n) is 7.06. The van der Waals surface area contributed by atoms with Gasteiger partial charge in [-0.2, -0.15) is 5.10 Å². The van der Waals surface area contributed by atoms with Crippen molar-refractivity contribution in [3.8, 4) is 22.8 Å². The van der Waals surface area contributed by atoms with Crippen LogP contribution in [0.4, 0.5) is 10.1 Å². The minimum absolute atomic E-state index is 0.0873. The Morgan fingerprint density at radius 1 is 1.09 bits per heavy atom. The Hall–Kier alpha value is -4.34. The third-order valence-electron chi connectivity index (χ3n) is 4.80. The number of rotatable bonds is 5. The fourth-order valence-corrected chi connectivity index (χ4v) is 2.96. The molecule has 32 heavy (non-hydrogen) atoms. The molecule has 0 saturated carbocycles. The lowest BCUT2D eigenvalue weighted by atomic mass is 10.2. The van der Waals surface area contributed by atoms with Gasteiger partial charge in [0, 0.05) is 50.4 Å². The van der Waals surface area contributed by atoms with Gasteiger partial charge >= 0.3 is 0 Å². The smallest absolute Gasteiger partial charge is 0.266 e. The molecular formula is C22H19FN6O3. The van der Waals surface area contributed by atoms with Gasteiger partial charge in [0.2, 0.25) is 0 Å². The Labute approximate surface area is 182 Å². The van der Waals surface area contributed by atoms with Gasteiger partial charge in [-0.15, -0.1) is 0 Å². The molecule has 3 aromatic heterocycles. The van der Waals surface area contributed by atoms with E-state index in [0.717, 1.165) is 11.6 Å². The summed E-state index contributed by atoms with van der Waals surface area (Å²) in [7, 11) is 3.31. The van der Waals surface area contributed by atoms with Crippen LogP contribution in [0.1, 0.15) is 16.2 Å². The zero-order valence-electron chi connectivity index (χ0n) is 17.5. The van der Waals surface area contributed by atoms with Gasteiger partial charge < -0.3 is 10.1 Å². The number of aryl methyl sites for hydroxylation is 2. The van der Waals surface area contributed by atoms with Crippen LogP contribution in [-0.2, 0) is 14.1 Å². The van der Waals surface area contributed by atoms with Crippen LogP contribution < -0.4 is 15.6 Å². The maximum Gasteiger partial charge on any atom is 0.266 e. The first-order valence-electron chi connectivity index (χ1n) is 9.58. The SMILES string of the molecule is Cc1ncc(C(=O)Nc2ccc(Oc3ccnc(-c4cnn(C)c4)c3)cc2F)c(=O)n1C. The molecule has 162 valence electrons. The van der Waals surface area contributed by atoms with Crippen LogP contribution in [0.3, 0.4) is 0 Å². The van der Waals surface area contributed by atoms with Crippen molar-refractivity contribution in [3.05, 3.63) is 82.7 Å². The predicted octanol–water partition coefficient (Wildman–Crippen LogP) is 3.07. The maximum atomic E-state index is 14.6. The van der Waals surface area contributed by atoms with Crippen LogP contribution in [-0.4, -0.2) is 30.2 Å². The fourth-order valence-electron chi connectivity index (χ4n) is 2.96. The standard InChI is InChI=1S/C22H19FN6O3/c1-13-25-11-17(22(31)29(13)3)21(30)27-19-5-4-15(8-18(19)23)32-16-6-7-24-20(9-16)14-10-26-28(2)12-14/h4-12H,1-3H3,(H,27,30). The van der Waals surface area contributed by atoms with Crippen molar-refractivity contribution < 1.29 is 13.9 Å². The van der Waals surface area contributed by atoms with Crippen molar-refractivity contribution in [2.45, 2.75) is 6.92 Å². The first kappa shape index (κ1) is 20.9. The summed E-state index contributed by atoms with van der Waals surface area (Å²) in [6, 6.07) is 7.37. The van der Waals surface area contributed by atoms with Crippen molar-refractivity contribution in [2.24, 2.45) is 14.1 Å². The number of hydrogen-bond donors (Lipinski definition) is 1. The van der Waals surface area contributed by atoms with Crippen LogP contribution in [0.25, 0.3) is 11.3 Å². The van der Waals surface area contributed by atoms with E-state index >= 15 is 0 Å². The number of ether oxygens (including phenoxy) is 1. The molecule has 0 aliphatic carbocycles. The highest BCUT2D eigenvalue weighted by Gasteiger charge is 2.16. The highest BCUT2D eigenvalue weighted by atomic mass is 19.1. The summed E-state index contributed by atoms with van der Waals surface area (Å²) in [4.78, 5) is 32.9. The highest BCUT2D eigenvalue weighted by Crippen LogP contribution is 2.28. The van der Waals surface area contributed by atoms with Crippen LogP contribution in [0.2, 0.25) is 0 Å². The lowest BCUT2D eigenvalue weighted by molar-refractivity contribution is 0.102. The molecule has 1 aromatic carbocycles. The van der Waals surface area contributed by atoms with E-state index in [0.29, 0.717) is 17.3 Å².